The highest BCUT2D eigenvalue weighted by molar-refractivity contribution is 7.99. The average molecular weight is 275 g/mol. The molecule has 6 nitrogen and oxygen atoms in total. The molecule has 0 aromatic carbocycles. The van der Waals surface area contributed by atoms with E-state index in [1.165, 1.54) is 0 Å². The molecule has 0 saturated carbocycles. The van der Waals surface area contributed by atoms with Crippen LogP contribution in [0.25, 0.3) is 0 Å². The molecular weight excluding hydrogens is 262 g/mol. The molecule has 17 heavy (non-hydrogen) atoms. The number of carboxylic acids is 1. The maximum absolute atomic E-state index is 11.7. The van der Waals surface area contributed by atoms with E-state index < -0.39 is 5.97 Å². The Hall–Kier alpha value is -0.890. The fourth-order valence-corrected chi connectivity index (χ4v) is 3.60. The molecule has 0 aliphatic carbocycles. The third-order valence-corrected chi connectivity index (χ3v) is 4.54. The average Bonchev–Trinajstić information content (AvgIpc) is 2.69. The van der Waals surface area contributed by atoms with Gasteiger partial charge in [-0.25, -0.2) is 9.89 Å². The lowest BCUT2D eigenvalue weighted by molar-refractivity contribution is -0.133. The monoisotopic (exact) mass is 275 g/mol. The van der Waals surface area contributed by atoms with E-state index in [2.05, 4.69) is 10.2 Å². The van der Waals surface area contributed by atoms with Crippen LogP contribution in [0.2, 0.25) is 0 Å². The maximum atomic E-state index is 11.7. The molecule has 1 saturated heterocycles. The van der Waals surface area contributed by atoms with E-state index in [1.807, 2.05) is 11.8 Å². The predicted molar refractivity (Wildman–Crippen MR) is 66.8 cm³/mol. The maximum Gasteiger partial charge on any atom is 0.344 e. The lowest BCUT2D eigenvalue weighted by Crippen LogP contribution is -2.26. The second-order valence-corrected chi connectivity index (χ2v) is 5.87. The molecule has 0 spiro atoms. The van der Waals surface area contributed by atoms with Gasteiger partial charge in [0.2, 0.25) is 0 Å². The van der Waals surface area contributed by atoms with Crippen LogP contribution in [0.1, 0.15) is 18.9 Å². The number of aliphatic carboxylic acids is 1. The molecule has 2 N–H and O–H groups in total. The van der Waals surface area contributed by atoms with Crippen molar-refractivity contribution in [2.75, 3.05) is 17.3 Å². The molecule has 1 aliphatic heterocycles. The van der Waals surface area contributed by atoms with Crippen LogP contribution >= 0.6 is 23.5 Å². The smallest absolute Gasteiger partial charge is 0.344 e. The first kappa shape index (κ1) is 12.6. The summed E-state index contributed by atoms with van der Waals surface area (Å²) in [4.78, 5) is 22.2. The quantitative estimate of drug-likeness (QED) is 0.791. The Bertz CT molecular complexity index is 451. The fourth-order valence-electron chi connectivity index (χ4n) is 1.78. The number of carboxylic acid groups (broad SMARTS) is 1. The zero-order chi connectivity index (χ0) is 12.3. The van der Waals surface area contributed by atoms with Gasteiger partial charge in [-0.3, -0.25) is 9.36 Å². The number of thioether (sulfide) groups is 2. The van der Waals surface area contributed by atoms with Crippen LogP contribution < -0.4 is 5.69 Å². The first-order valence-corrected chi connectivity index (χ1v) is 7.41. The number of carbonyl (C=O) groups is 1. The summed E-state index contributed by atoms with van der Waals surface area (Å²) in [6, 6.07) is 0.152. The van der Waals surface area contributed by atoms with E-state index in [1.54, 1.807) is 4.57 Å². The van der Waals surface area contributed by atoms with Gasteiger partial charge in [0, 0.05) is 6.04 Å². The van der Waals surface area contributed by atoms with E-state index >= 15 is 0 Å². The van der Waals surface area contributed by atoms with E-state index in [0.717, 1.165) is 36.1 Å². The molecular formula is C9H13N3O3S2. The van der Waals surface area contributed by atoms with Crippen molar-refractivity contribution in [3.8, 4) is 0 Å². The minimum atomic E-state index is -0.906. The zero-order valence-corrected chi connectivity index (χ0v) is 10.7. The van der Waals surface area contributed by atoms with E-state index in [0.29, 0.717) is 5.16 Å². The molecule has 0 atom stereocenters. The second kappa shape index (κ2) is 5.63. The number of hydrogen-bond acceptors (Lipinski definition) is 5. The number of nitrogens with one attached hydrogen (secondary N) is 1. The van der Waals surface area contributed by atoms with Gasteiger partial charge in [0.15, 0.2) is 5.16 Å². The Morgan fingerprint density at radius 2 is 2.29 bits per heavy atom. The highest BCUT2D eigenvalue weighted by atomic mass is 32.2. The highest BCUT2D eigenvalue weighted by Gasteiger charge is 2.21. The van der Waals surface area contributed by atoms with Crippen LogP contribution in [-0.2, 0) is 4.79 Å². The van der Waals surface area contributed by atoms with E-state index in [4.69, 9.17) is 5.11 Å². The number of H-pyrrole nitrogens is 1. The summed E-state index contributed by atoms with van der Waals surface area (Å²) < 4.78 is 1.60. The number of aromatic amines is 1. The van der Waals surface area contributed by atoms with Crippen molar-refractivity contribution in [3.63, 3.8) is 0 Å². The summed E-state index contributed by atoms with van der Waals surface area (Å²) in [5.74, 6) is 1.08. The molecule has 94 valence electrons. The Labute approximate surface area is 106 Å². The molecule has 1 aromatic heterocycles. The Morgan fingerprint density at radius 1 is 1.59 bits per heavy atom. The van der Waals surface area contributed by atoms with Crippen molar-refractivity contribution in [3.05, 3.63) is 10.5 Å². The van der Waals surface area contributed by atoms with Gasteiger partial charge in [-0.05, 0) is 24.3 Å². The van der Waals surface area contributed by atoms with Gasteiger partial charge < -0.3 is 5.11 Å². The Kier molecular flexibility index (Phi) is 4.16. The van der Waals surface area contributed by atoms with Crippen LogP contribution in [0, 0.1) is 0 Å². The van der Waals surface area contributed by atoms with E-state index in [9.17, 15) is 9.59 Å². The van der Waals surface area contributed by atoms with Gasteiger partial charge in [0.1, 0.15) is 0 Å². The third-order valence-electron chi connectivity index (χ3n) is 2.55. The molecule has 1 fully saturated rings. The first-order chi connectivity index (χ1) is 8.18. The van der Waals surface area contributed by atoms with Crippen LogP contribution in [0.15, 0.2) is 9.95 Å². The van der Waals surface area contributed by atoms with Gasteiger partial charge in [-0.15, -0.1) is 5.10 Å². The van der Waals surface area contributed by atoms with Crippen LogP contribution in [-0.4, -0.2) is 43.1 Å². The molecule has 1 aliphatic rings. The molecule has 0 unspecified atom stereocenters. The number of aromatic nitrogens is 3. The van der Waals surface area contributed by atoms with Gasteiger partial charge in [-0.2, -0.15) is 11.8 Å². The minimum Gasteiger partial charge on any atom is -0.481 e. The van der Waals surface area contributed by atoms with Gasteiger partial charge in [0.25, 0.3) is 0 Å². The minimum absolute atomic E-state index is 0.0776. The number of nitrogens with zero attached hydrogens (tertiary/aromatic N) is 2. The highest BCUT2D eigenvalue weighted by Crippen LogP contribution is 2.28. The zero-order valence-electron chi connectivity index (χ0n) is 9.09. The van der Waals surface area contributed by atoms with Crippen molar-refractivity contribution < 1.29 is 9.90 Å². The molecule has 2 rings (SSSR count). The fraction of sp³-hybridized carbons (Fsp3) is 0.667. The number of rotatable bonds is 4. The third kappa shape index (κ3) is 3.06. The summed E-state index contributed by atoms with van der Waals surface area (Å²) in [6.07, 6.45) is 1.87. The summed E-state index contributed by atoms with van der Waals surface area (Å²) in [5.41, 5.74) is -0.241. The standard InChI is InChI=1S/C9H13N3O3S2/c13-7(14)5-17-9-11-10-8(15)12(9)6-1-3-16-4-2-6/h6H,1-5H2,(H,10,15)(H,13,14). The normalized spacial score (nSPS) is 17.2. The topological polar surface area (TPSA) is 88.0 Å². The largest absolute Gasteiger partial charge is 0.481 e. The summed E-state index contributed by atoms with van der Waals surface area (Å²) in [7, 11) is 0. The van der Waals surface area contributed by atoms with Crippen molar-refractivity contribution in [1.29, 1.82) is 0 Å². The van der Waals surface area contributed by atoms with Crippen molar-refractivity contribution >= 4 is 29.5 Å². The van der Waals surface area contributed by atoms with Crippen LogP contribution in [0.4, 0.5) is 0 Å². The van der Waals surface area contributed by atoms with Gasteiger partial charge >= 0.3 is 11.7 Å². The second-order valence-electron chi connectivity index (χ2n) is 3.71. The lowest BCUT2D eigenvalue weighted by Gasteiger charge is -2.22. The lowest BCUT2D eigenvalue weighted by atomic mass is 10.1. The van der Waals surface area contributed by atoms with Crippen molar-refractivity contribution in [2.45, 2.75) is 24.0 Å². The van der Waals surface area contributed by atoms with E-state index in [-0.39, 0.29) is 17.5 Å². The summed E-state index contributed by atoms with van der Waals surface area (Å²) >= 11 is 2.96. The van der Waals surface area contributed by atoms with Gasteiger partial charge in [0.05, 0.1) is 5.75 Å². The molecule has 8 heteroatoms. The summed E-state index contributed by atoms with van der Waals surface area (Å²) in [5, 5.41) is 15.4. The SMILES string of the molecule is O=C(O)CSc1n[nH]c(=O)n1C1CCSCC1. The van der Waals surface area contributed by atoms with Crippen LogP contribution in [0.5, 0.6) is 0 Å². The van der Waals surface area contributed by atoms with Crippen molar-refractivity contribution in [1.82, 2.24) is 14.8 Å². The Morgan fingerprint density at radius 3 is 2.94 bits per heavy atom. The Balaban J connectivity index is 2.16. The first-order valence-electron chi connectivity index (χ1n) is 5.27. The van der Waals surface area contributed by atoms with Gasteiger partial charge in [-0.1, -0.05) is 11.8 Å². The molecule has 0 amide bonds. The number of hydrogen-bond donors (Lipinski definition) is 2. The predicted octanol–water partition coefficient (Wildman–Crippen LogP) is 0.816. The van der Waals surface area contributed by atoms with Crippen LogP contribution in [0.3, 0.4) is 0 Å². The molecule has 2 heterocycles. The molecule has 0 bridgehead atoms. The molecule has 1 aromatic rings. The summed E-state index contributed by atoms with van der Waals surface area (Å²) in [6.45, 7) is 0. The van der Waals surface area contributed by atoms with Crippen molar-refractivity contribution in [2.24, 2.45) is 0 Å². The molecule has 0 radical (unpaired) electrons.